The molecule has 8 heteroatoms. The highest BCUT2D eigenvalue weighted by molar-refractivity contribution is 7.15. The van der Waals surface area contributed by atoms with E-state index in [1.807, 2.05) is 36.4 Å². The van der Waals surface area contributed by atoms with Gasteiger partial charge in [-0.3, -0.25) is 4.79 Å². The van der Waals surface area contributed by atoms with Gasteiger partial charge in [-0.25, -0.2) is 0 Å². The number of hydrogen-bond donors (Lipinski definition) is 0. The number of hydrogen-bond acceptors (Lipinski definition) is 7. The highest BCUT2D eigenvalue weighted by Gasteiger charge is 2.15. The number of benzene rings is 2. The molecular formula is C20H17N3O4S. The van der Waals surface area contributed by atoms with E-state index in [0.717, 1.165) is 11.1 Å². The minimum absolute atomic E-state index is 0.237. The molecule has 0 saturated carbocycles. The van der Waals surface area contributed by atoms with Crippen LogP contribution in [0.25, 0.3) is 22.4 Å². The highest BCUT2D eigenvalue weighted by atomic mass is 32.1. The van der Waals surface area contributed by atoms with Gasteiger partial charge < -0.3 is 14.2 Å². The second-order valence-electron chi connectivity index (χ2n) is 5.83. The predicted molar refractivity (Wildman–Crippen MR) is 107 cm³/mol. The van der Waals surface area contributed by atoms with Gasteiger partial charge in [0.15, 0.2) is 17.3 Å². The molecule has 0 atom stereocenters. The van der Waals surface area contributed by atoms with Gasteiger partial charge in [-0.2, -0.15) is 9.50 Å². The molecule has 0 aliphatic carbocycles. The lowest BCUT2D eigenvalue weighted by molar-refractivity contribution is 0.354. The molecule has 0 amide bonds. The maximum absolute atomic E-state index is 12.8. The van der Waals surface area contributed by atoms with Crippen LogP contribution in [0, 0.1) is 0 Å². The van der Waals surface area contributed by atoms with Crippen LogP contribution in [0.3, 0.4) is 0 Å². The Bertz CT molecular complexity index is 1260. The molecule has 0 saturated heterocycles. The summed E-state index contributed by atoms with van der Waals surface area (Å²) in [6.45, 7) is 0. The Kier molecular flexibility index (Phi) is 4.70. The van der Waals surface area contributed by atoms with Crippen molar-refractivity contribution in [3.8, 4) is 28.6 Å². The minimum Gasteiger partial charge on any atom is -0.496 e. The average molecular weight is 395 g/mol. The Morgan fingerprint density at radius 1 is 0.964 bits per heavy atom. The van der Waals surface area contributed by atoms with Crippen LogP contribution in [-0.4, -0.2) is 35.9 Å². The number of aromatic nitrogens is 3. The Morgan fingerprint density at radius 2 is 1.71 bits per heavy atom. The van der Waals surface area contributed by atoms with E-state index in [9.17, 15) is 4.79 Å². The molecule has 0 aliphatic heterocycles. The second kappa shape index (κ2) is 7.32. The van der Waals surface area contributed by atoms with Crippen LogP contribution in [0.2, 0.25) is 0 Å². The molecule has 4 rings (SSSR count). The van der Waals surface area contributed by atoms with Crippen molar-refractivity contribution in [3.63, 3.8) is 0 Å². The summed E-state index contributed by atoms with van der Waals surface area (Å²) in [6, 6.07) is 12.9. The van der Waals surface area contributed by atoms with Crippen molar-refractivity contribution >= 4 is 22.4 Å². The Hall–Kier alpha value is -3.39. The van der Waals surface area contributed by atoms with Crippen LogP contribution in [-0.2, 0) is 0 Å². The van der Waals surface area contributed by atoms with Gasteiger partial charge >= 0.3 is 0 Å². The molecule has 0 N–H and O–H groups in total. The van der Waals surface area contributed by atoms with Crippen LogP contribution >= 0.6 is 11.3 Å². The SMILES string of the molecule is COc1ccccc1-c1nc2s/c(=C\c3cccc(OC)c3OC)c(=O)n2n1. The number of fused-ring (bicyclic) bond motifs is 1. The van der Waals surface area contributed by atoms with Crippen LogP contribution in [0.15, 0.2) is 47.3 Å². The van der Waals surface area contributed by atoms with Crippen LogP contribution in [0.4, 0.5) is 0 Å². The predicted octanol–water partition coefficient (Wildman–Crippen LogP) is 2.39. The van der Waals surface area contributed by atoms with Crippen molar-refractivity contribution < 1.29 is 14.2 Å². The zero-order chi connectivity index (χ0) is 19.7. The first-order valence-electron chi connectivity index (χ1n) is 8.42. The molecule has 0 aliphatic rings. The second-order valence-corrected chi connectivity index (χ2v) is 6.84. The first kappa shape index (κ1) is 18.0. The third-order valence-electron chi connectivity index (χ3n) is 4.25. The number of ether oxygens (including phenoxy) is 3. The molecule has 142 valence electrons. The van der Waals surface area contributed by atoms with Gasteiger partial charge in [0.05, 0.1) is 31.4 Å². The molecule has 0 spiro atoms. The van der Waals surface area contributed by atoms with Crippen molar-refractivity contribution in [1.29, 1.82) is 0 Å². The molecular weight excluding hydrogens is 378 g/mol. The molecule has 2 aromatic carbocycles. The maximum Gasteiger partial charge on any atom is 0.291 e. The van der Waals surface area contributed by atoms with Crippen molar-refractivity contribution in [1.82, 2.24) is 14.6 Å². The smallest absolute Gasteiger partial charge is 0.291 e. The molecule has 0 radical (unpaired) electrons. The van der Waals surface area contributed by atoms with Gasteiger partial charge in [0.2, 0.25) is 4.96 Å². The topological polar surface area (TPSA) is 75.0 Å². The fourth-order valence-corrected chi connectivity index (χ4v) is 3.84. The largest absolute Gasteiger partial charge is 0.496 e. The van der Waals surface area contributed by atoms with E-state index in [4.69, 9.17) is 14.2 Å². The first-order valence-corrected chi connectivity index (χ1v) is 9.23. The van der Waals surface area contributed by atoms with Gasteiger partial charge in [0.25, 0.3) is 5.56 Å². The quantitative estimate of drug-likeness (QED) is 0.517. The van der Waals surface area contributed by atoms with Crippen LogP contribution in [0.1, 0.15) is 5.56 Å². The summed E-state index contributed by atoms with van der Waals surface area (Å²) in [4.78, 5) is 17.8. The van der Waals surface area contributed by atoms with Gasteiger partial charge in [-0.15, -0.1) is 5.10 Å². The third kappa shape index (κ3) is 2.97. The molecule has 2 heterocycles. The lowest BCUT2D eigenvalue weighted by Crippen LogP contribution is -2.23. The number of methoxy groups -OCH3 is 3. The molecule has 7 nitrogen and oxygen atoms in total. The lowest BCUT2D eigenvalue weighted by Gasteiger charge is -2.09. The Balaban J connectivity index is 1.84. The summed E-state index contributed by atoms with van der Waals surface area (Å²) < 4.78 is 17.9. The average Bonchev–Trinajstić information content (AvgIpc) is 3.27. The fraction of sp³-hybridized carbons (Fsp3) is 0.150. The number of thiazole rings is 1. The zero-order valence-corrected chi connectivity index (χ0v) is 16.3. The molecule has 0 bridgehead atoms. The van der Waals surface area contributed by atoms with Crippen molar-refractivity contribution in [2.75, 3.05) is 21.3 Å². The van der Waals surface area contributed by atoms with Gasteiger partial charge in [-0.05, 0) is 24.3 Å². The van der Waals surface area contributed by atoms with E-state index < -0.39 is 0 Å². The Labute approximate surface area is 164 Å². The van der Waals surface area contributed by atoms with E-state index in [-0.39, 0.29) is 5.56 Å². The van der Waals surface area contributed by atoms with E-state index >= 15 is 0 Å². The first-order chi connectivity index (χ1) is 13.7. The standard InChI is InChI=1S/C20H17N3O4S/c1-25-14-9-5-4-8-13(14)18-21-20-23(22-18)19(24)16(28-20)11-12-7-6-10-15(26-2)17(12)27-3/h4-11H,1-3H3/b16-11-. The van der Waals surface area contributed by atoms with Crippen molar-refractivity contribution in [3.05, 3.63) is 62.9 Å². The Morgan fingerprint density at radius 3 is 2.43 bits per heavy atom. The molecule has 0 unspecified atom stereocenters. The van der Waals surface area contributed by atoms with Crippen LogP contribution < -0.4 is 24.3 Å². The van der Waals surface area contributed by atoms with Gasteiger partial charge in [-0.1, -0.05) is 35.6 Å². The molecule has 2 aromatic heterocycles. The van der Waals surface area contributed by atoms with E-state index in [2.05, 4.69) is 10.1 Å². The van der Waals surface area contributed by atoms with Crippen molar-refractivity contribution in [2.24, 2.45) is 0 Å². The molecule has 0 fully saturated rings. The number of nitrogens with zero attached hydrogens (tertiary/aromatic N) is 3. The summed E-state index contributed by atoms with van der Waals surface area (Å²) in [7, 11) is 4.73. The number of para-hydroxylation sites is 2. The zero-order valence-electron chi connectivity index (χ0n) is 15.5. The van der Waals surface area contributed by atoms with Gasteiger partial charge in [0, 0.05) is 5.56 Å². The summed E-state index contributed by atoms with van der Waals surface area (Å²) >= 11 is 1.26. The van der Waals surface area contributed by atoms with E-state index in [1.54, 1.807) is 33.5 Å². The van der Waals surface area contributed by atoms with Gasteiger partial charge in [0.1, 0.15) is 5.75 Å². The highest BCUT2D eigenvalue weighted by Crippen LogP contribution is 2.31. The molecule has 28 heavy (non-hydrogen) atoms. The number of rotatable bonds is 5. The molecule has 4 aromatic rings. The fourth-order valence-electron chi connectivity index (χ4n) is 2.94. The minimum atomic E-state index is -0.237. The van der Waals surface area contributed by atoms with E-state index in [1.165, 1.54) is 15.9 Å². The summed E-state index contributed by atoms with van der Waals surface area (Å²) in [5.41, 5.74) is 1.24. The van der Waals surface area contributed by atoms with E-state index in [0.29, 0.717) is 32.6 Å². The van der Waals surface area contributed by atoms with Crippen molar-refractivity contribution in [2.45, 2.75) is 0 Å². The summed E-state index contributed by atoms with van der Waals surface area (Å²) in [5, 5.41) is 4.38. The monoisotopic (exact) mass is 395 g/mol. The lowest BCUT2D eigenvalue weighted by atomic mass is 10.2. The third-order valence-corrected chi connectivity index (χ3v) is 5.21. The maximum atomic E-state index is 12.8. The summed E-state index contributed by atoms with van der Waals surface area (Å²) in [6.07, 6.45) is 1.76. The van der Waals surface area contributed by atoms with Crippen LogP contribution in [0.5, 0.6) is 17.2 Å². The normalized spacial score (nSPS) is 11.8. The summed E-state index contributed by atoms with van der Waals surface area (Å²) in [5.74, 6) is 2.27.